The van der Waals surface area contributed by atoms with Gasteiger partial charge in [-0.25, -0.2) is 8.42 Å². The van der Waals surface area contributed by atoms with Crippen molar-refractivity contribution >= 4 is 26.8 Å². The summed E-state index contributed by atoms with van der Waals surface area (Å²) in [6.07, 6.45) is 2.19. The van der Waals surface area contributed by atoms with Crippen molar-refractivity contribution in [3.05, 3.63) is 65.9 Å². The van der Waals surface area contributed by atoms with Crippen LogP contribution >= 0.6 is 0 Å². The highest BCUT2D eigenvalue weighted by Crippen LogP contribution is 2.21. The number of hydrogen-bond donors (Lipinski definition) is 1. The highest BCUT2D eigenvalue weighted by Gasteiger charge is 2.30. The Bertz CT molecular complexity index is 1110. The van der Waals surface area contributed by atoms with E-state index in [-0.39, 0.29) is 5.91 Å². The van der Waals surface area contributed by atoms with Gasteiger partial charge >= 0.3 is 0 Å². The van der Waals surface area contributed by atoms with E-state index < -0.39 is 10.0 Å². The van der Waals surface area contributed by atoms with Gasteiger partial charge < -0.3 is 9.88 Å². The fourth-order valence-electron chi connectivity index (χ4n) is 3.66. The third-order valence-electron chi connectivity index (χ3n) is 5.24. The predicted octanol–water partition coefficient (Wildman–Crippen LogP) is 2.55. The minimum atomic E-state index is -3.52. The molecule has 3 aromatic rings. The lowest BCUT2D eigenvalue weighted by atomic mass is 10.1. The van der Waals surface area contributed by atoms with Crippen molar-refractivity contribution < 1.29 is 13.2 Å². The normalized spacial score (nSPS) is 15.8. The minimum Gasteiger partial charge on any atom is -0.361 e. The number of aromatic nitrogens is 1. The highest BCUT2D eigenvalue weighted by atomic mass is 32.2. The van der Waals surface area contributed by atoms with Crippen LogP contribution in [0.25, 0.3) is 10.9 Å². The molecule has 1 fully saturated rings. The number of H-pyrrole nitrogens is 1. The van der Waals surface area contributed by atoms with Gasteiger partial charge in [-0.05, 0) is 36.2 Å². The first-order chi connectivity index (χ1) is 13.4. The fraction of sp³-hybridized carbons (Fsp3) is 0.286. The second-order valence-electron chi connectivity index (χ2n) is 7.14. The summed E-state index contributed by atoms with van der Waals surface area (Å²) in [4.78, 5) is 18.0. The van der Waals surface area contributed by atoms with Crippen LogP contribution in [-0.4, -0.2) is 54.7 Å². The van der Waals surface area contributed by atoms with Gasteiger partial charge in [0.15, 0.2) is 0 Å². The average molecular weight is 398 g/mol. The molecule has 28 heavy (non-hydrogen) atoms. The van der Waals surface area contributed by atoms with E-state index in [1.165, 1.54) is 4.31 Å². The number of para-hydroxylation sites is 1. The first kappa shape index (κ1) is 18.7. The number of amides is 1. The van der Waals surface area contributed by atoms with Gasteiger partial charge in [0.2, 0.25) is 15.9 Å². The predicted molar refractivity (Wildman–Crippen MR) is 109 cm³/mol. The lowest BCUT2D eigenvalue weighted by molar-refractivity contribution is -0.131. The molecule has 0 spiro atoms. The Morgan fingerprint density at radius 1 is 1.04 bits per heavy atom. The zero-order valence-electron chi connectivity index (χ0n) is 15.8. The molecule has 2 heterocycles. The van der Waals surface area contributed by atoms with Crippen LogP contribution in [0, 0.1) is 6.92 Å². The molecule has 0 aliphatic carbocycles. The summed E-state index contributed by atoms with van der Waals surface area (Å²) in [6.45, 7) is 3.32. The van der Waals surface area contributed by atoms with Crippen molar-refractivity contribution in [3.63, 3.8) is 0 Å². The minimum absolute atomic E-state index is 0.0253. The molecule has 6 nitrogen and oxygen atoms in total. The largest absolute Gasteiger partial charge is 0.361 e. The molecule has 1 aromatic heterocycles. The van der Waals surface area contributed by atoms with Gasteiger partial charge in [0.1, 0.15) is 0 Å². The Hall–Kier alpha value is -2.64. The van der Waals surface area contributed by atoms with Crippen LogP contribution in [-0.2, 0) is 21.2 Å². The van der Waals surface area contributed by atoms with Crippen LogP contribution in [0.1, 0.15) is 11.1 Å². The number of carbonyl (C=O) groups excluding carboxylic acids is 1. The molecule has 7 heteroatoms. The smallest absolute Gasteiger partial charge is 0.243 e. The zero-order valence-corrected chi connectivity index (χ0v) is 16.6. The number of nitrogens with one attached hydrogen (secondary N) is 1. The zero-order chi connectivity index (χ0) is 19.7. The van der Waals surface area contributed by atoms with Gasteiger partial charge in [0, 0.05) is 43.3 Å². The number of hydrogen-bond acceptors (Lipinski definition) is 3. The van der Waals surface area contributed by atoms with E-state index in [0.717, 1.165) is 22.0 Å². The maximum absolute atomic E-state index is 12.8. The van der Waals surface area contributed by atoms with E-state index in [0.29, 0.717) is 37.5 Å². The van der Waals surface area contributed by atoms with E-state index in [9.17, 15) is 13.2 Å². The first-order valence-electron chi connectivity index (χ1n) is 9.35. The Morgan fingerprint density at radius 3 is 2.54 bits per heavy atom. The highest BCUT2D eigenvalue weighted by molar-refractivity contribution is 7.89. The van der Waals surface area contributed by atoms with Crippen molar-refractivity contribution in [3.8, 4) is 0 Å². The number of aryl methyl sites for hydroxylation is 1. The van der Waals surface area contributed by atoms with Crippen molar-refractivity contribution in [2.45, 2.75) is 18.2 Å². The molecule has 1 aliphatic heterocycles. The van der Waals surface area contributed by atoms with E-state index in [1.807, 2.05) is 43.5 Å². The number of fused-ring (bicyclic) bond motifs is 1. The van der Waals surface area contributed by atoms with E-state index >= 15 is 0 Å². The van der Waals surface area contributed by atoms with E-state index in [4.69, 9.17) is 0 Å². The number of carbonyl (C=O) groups is 1. The second-order valence-corrected chi connectivity index (χ2v) is 9.08. The van der Waals surface area contributed by atoms with Crippen molar-refractivity contribution in [1.29, 1.82) is 0 Å². The molecule has 4 rings (SSSR count). The van der Waals surface area contributed by atoms with Crippen molar-refractivity contribution in [1.82, 2.24) is 14.2 Å². The molecule has 0 unspecified atom stereocenters. The summed E-state index contributed by atoms with van der Waals surface area (Å²) in [7, 11) is -3.52. The van der Waals surface area contributed by atoms with Crippen LogP contribution in [0.15, 0.2) is 59.6 Å². The van der Waals surface area contributed by atoms with Gasteiger partial charge in [0.25, 0.3) is 0 Å². The van der Waals surface area contributed by atoms with Crippen LogP contribution in [0.5, 0.6) is 0 Å². The summed E-state index contributed by atoms with van der Waals surface area (Å²) in [6, 6.07) is 14.8. The van der Waals surface area contributed by atoms with Crippen molar-refractivity contribution in [2.24, 2.45) is 0 Å². The number of aromatic amines is 1. The average Bonchev–Trinajstić information content (AvgIpc) is 3.11. The van der Waals surface area contributed by atoms with Gasteiger partial charge in [-0.3, -0.25) is 4.79 Å². The molecule has 146 valence electrons. The molecule has 0 atom stereocenters. The Balaban J connectivity index is 1.42. The molecular weight excluding hydrogens is 374 g/mol. The van der Waals surface area contributed by atoms with Gasteiger partial charge in [-0.2, -0.15) is 4.31 Å². The van der Waals surface area contributed by atoms with Crippen LogP contribution in [0.2, 0.25) is 0 Å². The fourth-order valence-corrected chi connectivity index (χ4v) is 5.18. The maximum Gasteiger partial charge on any atom is 0.243 e. The molecule has 0 radical (unpaired) electrons. The molecule has 1 aliphatic rings. The number of rotatable bonds is 4. The number of benzene rings is 2. The molecule has 0 saturated carbocycles. The summed E-state index contributed by atoms with van der Waals surface area (Å²) >= 11 is 0. The molecular formula is C21H23N3O3S. The quantitative estimate of drug-likeness (QED) is 0.735. The summed E-state index contributed by atoms with van der Waals surface area (Å²) in [5.41, 5.74) is 2.89. The third kappa shape index (κ3) is 3.55. The van der Waals surface area contributed by atoms with Crippen LogP contribution < -0.4 is 0 Å². The summed E-state index contributed by atoms with van der Waals surface area (Å²) in [5.74, 6) is 0.0253. The lowest BCUT2D eigenvalue weighted by Crippen LogP contribution is -2.50. The maximum atomic E-state index is 12.8. The Kier molecular flexibility index (Phi) is 4.95. The number of piperazine rings is 1. The molecule has 2 aromatic carbocycles. The molecule has 1 N–H and O–H groups in total. The number of sulfonamides is 1. The molecule has 1 amide bonds. The molecule has 1 saturated heterocycles. The SMILES string of the molecule is Cc1cccc(S(=O)(=O)N2CCN(C(=O)Cc3c[nH]c4ccccc34)CC2)c1. The van der Waals surface area contributed by atoms with Crippen molar-refractivity contribution in [2.75, 3.05) is 26.2 Å². The van der Waals surface area contributed by atoms with E-state index in [2.05, 4.69) is 4.98 Å². The van der Waals surface area contributed by atoms with Gasteiger partial charge in [-0.1, -0.05) is 30.3 Å². The van der Waals surface area contributed by atoms with Gasteiger partial charge in [0.05, 0.1) is 11.3 Å². The van der Waals surface area contributed by atoms with Crippen LogP contribution in [0.3, 0.4) is 0 Å². The van der Waals surface area contributed by atoms with Crippen LogP contribution in [0.4, 0.5) is 0 Å². The standard InChI is InChI=1S/C21H23N3O3S/c1-16-5-4-6-18(13-16)28(26,27)24-11-9-23(10-12-24)21(25)14-17-15-22-20-8-3-2-7-19(17)20/h2-8,13,15,22H,9-12,14H2,1H3. The topological polar surface area (TPSA) is 73.5 Å². The Labute approximate surface area is 164 Å². The monoisotopic (exact) mass is 397 g/mol. The van der Waals surface area contributed by atoms with Gasteiger partial charge in [-0.15, -0.1) is 0 Å². The van der Waals surface area contributed by atoms with E-state index in [1.54, 1.807) is 23.1 Å². The number of nitrogens with zero attached hydrogens (tertiary/aromatic N) is 2. The third-order valence-corrected chi connectivity index (χ3v) is 7.13. The Morgan fingerprint density at radius 2 is 1.79 bits per heavy atom. The lowest BCUT2D eigenvalue weighted by Gasteiger charge is -2.34. The second kappa shape index (κ2) is 7.41. The summed E-state index contributed by atoms with van der Waals surface area (Å²) < 4.78 is 27.1. The first-order valence-corrected chi connectivity index (χ1v) is 10.8. The molecule has 0 bridgehead atoms. The summed E-state index contributed by atoms with van der Waals surface area (Å²) in [5, 5.41) is 1.05.